The maximum absolute atomic E-state index is 10.4. The number of aliphatic hydroxyl groups excluding tert-OH is 1. The number of phenols is 1. The third-order valence-corrected chi connectivity index (χ3v) is 5.06. The third-order valence-electron chi connectivity index (χ3n) is 4.08. The van der Waals surface area contributed by atoms with Crippen molar-refractivity contribution in [1.29, 1.82) is 0 Å². The molecule has 0 amide bonds. The topological polar surface area (TPSA) is 52.9 Å². The summed E-state index contributed by atoms with van der Waals surface area (Å²) in [6, 6.07) is 11.5. The van der Waals surface area contributed by atoms with Crippen LogP contribution < -0.4 is 0 Å². The number of morpholine rings is 1. The number of hydrogen-bond acceptors (Lipinski definition) is 5. The predicted molar refractivity (Wildman–Crippen MR) is 87.0 cm³/mol. The van der Waals surface area contributed by atoms with E-state index in [1.807, 2.05) is 35.7 Å². The Bertz CT molecular complexity index is 587. The van der Waals surface area contributed by atoms with Crippen LogP contribution in [0.2, 0.25) is 0 Å². The van der Waals surface area contributed by atoms with Crippen LogP contribution in [-0.4, -0.2) is 40.9 Å². The molecule has 0 radical (unpaired) electrons. The molecule has 2 N–H and O–H groups in total. The normalized spacial score (nSPS) is 20.9. The minimum atomic E-state index is -0.460. The average molecular weight is 319 g/mol. The summed E-state index contributed by atoms with van der Waals surface area (Å²) in [5, 5.41) is 22.3. The first kappa shape index (κ1) is 15.5. The Morgan fingerprint density at radius 3 is 2.91 bits per heavy atom. The highest BCUT2D eigenvalue weighted by molar-refractivity contribution is 7.10. The van der Waals surface area contributed by atoms with Gasteiger partial charge in [-0.25, -0.2) is 0 Å². The molecule has 2 aromatic rings. The second-order valence-electron chi connectivity index (χ2n) is 5.59. The first-order valence-electron chi connectivity index (χ1n) is 7.54. The Morgan fingerprint density at radius 2 is 2.14 bits per heavy atom. The standard InChI is InChI=1S/C17H21NO3S/c19-15-5-2-1-4-13(15)11-18-7-8-21-12-14(18)10-16(20)17-6-3-9-22-17/h1-6,9,14,16,19-20H,7-8,10-12H2. The minimum Gasteiger partial charge on any atom is -0.508 e. The Kier molecular flexibility index (Phi) is 5.10. The molecule has 1 aromatic heterocycles. The summed E-state index contributed by atoms with van der Waals surface area (Å²) in [4.78, 5) is 3.28. The van der Waals surface area contributed by atoms with Crippen molar-refractivity contribution in [2.24, 2.45) is 0 Å². The van der Waals surface area contributed by atoms with Crippen molar-refractivity contribution in [3.63, 3.8) is 0 Å². The Hall–Kier alpha value is -1.40. The van der Waals surface area contributed by atoms with Crippen molar-refractivity contribution in [2.75, 3.05) is 19.8 Å². The summed E-state index contributed by atoms with van der Waals surface area (Å²) in [5.41, 5.74) is 0.917. The number of hydrogen-bond donors (Lipinski definition) is 2. The fourth-order valence-corrected chi connectivity index (χ4v) is 3.56. The van der Waals surface area contributed by atoms with Gasteiger partial charge < -0.3 is 14.9 Å². The molecule has 0 saturated carbocycles. The number of aromatic hydroxyl groups is 1. The van der Waals surface area contributed by atoms with Gasteiger partial charge in [-0.15, -0.1) is 11.3 Å². The van der Waals surface area contributed by atoms with Crippen molar-refractivity contribution in [3.8, 4) is 5.75 Å². The summed E-state index contributed by atoms with van der Waals surface area (Å²) >= 11 is 1.58. The van der Waals surface area contributed by atoms with Crippen LogP contribution in [0.3, 0.4) is 0 Å². The number of ether oxygens (including phenoxy) is 1. The molecule has 0 bridgehead atoms. The smallest absolute Gasteiger partial charge is 0.120 e. The van der Waals surface area contributed by atoms with Crippen LogP contribution in [0.25, 0.3) is 0 Å². The quantitative estimate of drug-likeness (QED) is 0.890. The summed E-state index contributed by atoms with van der Waals surface area (Å²) in [6.07, 6.45) is 0.187. The van der Waals surface area contributed by atoms with Crippen LogP contribution >= 0.6 is 11.3 Å². The van der Waals surface area contributed by atoms with Gasteiger partial charge in [-0.05, 0) is 23.9 Å². The molecule has 1 saturated heterocycles. The van der Waals surface area contributed by atoms with Crippen LogP contribution in [0.5, 0.6) is 5.75 Å². The van der Waals surface area contributed by atoms with Gasteiger partial charge in [0.15, 0.2) is 0 Å². The molecule has 118 valence electrons. The van der Waals surface area contributed by atoms with Gasteiger partial charge in [0.05, 0.1) is 19.3 Å². The molecule has 2 unspecified atom stereocenters. The van der Waals surface area contributed by atoms with E-state index in [0.29, 0.717) is 31.9 Å². The van der Waals surface area contributed by atoms with E-state index in [-0.39, 0.29) is 6.04 Å². The van der Waals surface area contributed by atoms with Crippen molar-refractivity contribution in [1.82, 2.24) is 4.90 Å². The molecule has 1 aliphatic heterocycles. The van der Waals surface area contributed by atoms with Gasteiger partial charge in [-0.2, -0.15) is 0 Å². The van der Waals surface area contributed by atoms with Gasteiger partial charge in [-0.1, -0.05) is 24.3 Å². The molecule has 3 rings (SSSR count). The van der Waals surface area contributed by atoms with E-state index in [2.05, 4.69) is 4.90 Å². The maximum Gasteiger partial charge on any atom is 0.120 e. The Morgan fingerprint density at radius 1 is 1.27 bits per heavy atom. The zero-order valence-electron chi connectivity index (χ0n) is 12.4. The van der Waals surface area contributed by atoms with Gasteiger partial charge in [0, 0.05) is 29.6 Å². The van der Waals surface area contributed by atoms with Gasteiger partial charge in [0.25, 0.3) is 0 Å². The van der Waals surface area contributed by atoms with Crippen LogP contribution in [-0.2, 0) is 11.3 Å². The maximum atomic E-state index is 10.4. The van der Waals surface area contributed by atoms with E-state index in [0.717, 1.165) is 17.0 Å². The summed E-state index contributed by atoms with van der Waals surface area (Å²) in [7, 11) is 0. The second kappa shape index (κ2) is 7.24. The zero-order valence-corrected chi connectivity index (χ0v) is 13.2. The van der Waals surface area contributed by atoms with Gasteiger partial charge in [0.1, 0.15) is 5.75 Å². The first-order chi connectivity index (χ1) is 10.7. The molecule has 22 heavy (non-hydrogen) atoms. The van der Waals surface area contributed by atoms with Gasteiger partial charge in [-0.3, -0.25) is 4.90 Å². The van der Waals surface area contributed by atoms with Crippen LogP contribution in [0.4, 0.5) is 0 Å². The number of phenolic OH excluding ortho intramolecular Hbond substituents is 1. The number of para-hydroxylation sites is 1. The Balaban J connectivity index is 1.67. The monoisotopic (exact) mass is 319 g/mol. The van der Waals surface area contributed by atoms with E-state index in [4.69, 9.17) is 4.74 Å². The number of aliphatic hydroxyl groups is 1. The van der Waals surface area contributed by atoms with Gasteiger partial charge >= 0.3 is 0 Å². The lowest BCUT2D eigenvalue weighted by molar-refractivity contribution is -0.0298. The summed E-state index contributed by atoms with van der Waals surface area (Å²) < 4.78 is 5.59. The van der Waals surface area contributed by atoms with Crippen molar-refractivity contribution in [3.05, 3.63) is 52.2 Å². The molecule has 5 heteroatoms. The molecule has 1 aliphatic rings. The fourth-order valence-electron chi connectivity index (χ4n) is 2.83. The number of thiophene rings is 1. The molecular weight excluding hydrogens is 298 g/mol. The van der Waals surface area contributed by atoms with E-state index in [1.165, 1.54) is 0 Å². The third kappa shape index (κ3) is 3.67. The molecular formula is C17H21NO3S. The van der Waals surface area contributed by atoms with E-state index in [9.17, 15) is 10.2 Å². The van der Waals surface area contributed by atoms with Crippen molar-refractivity contribution < 1.29 is 14.9 Å². The number of nitrogens with zero attached hydrogens (tertiary/aromatic N) is 1. The SMILES string of the molecule is Oc1ccccc1CN1CCOCC1CC(O)c1cccs1. The molecule has 0 aliphatic carbocycles. The highest BCUT2D eigenvalue weighted by atomic mass is 32.1. The average Bonchev–Trinajstić information content (AvgIpc) is 3.06. The van der Waals surface area contributed by atoms with Crippen molar-refractivity contribution >= 4 is 11.3 Å². The van der Waals surface area contributed by atoms with Crippen LogP contribution in [0.15, 0.2) is 41.8 Å². The van der Waals surface area contributed by atoms with E-state index in [1.54, 1.807) is 17.4 Å². The molecule has 0 spiro atoms. The summed E-state index contributed by atoms with van der Waals surface area (Å²) in [5.74, 6) is 0.326. The molecule has 1 fully saturated rings. The molecule has 1 aromatic carbocycles. The van der Waals surface area contributed by atoms with Gasteiger partial charge in [0.2, 0.25) is 0 Å². The minimum absolute atomic E-state index is 0.158. The summed E-state index contributed by atoms with van der Waals surface area (Å²) in [6.45, 7) is 2.81. The lowest BCUT2D eigenvalue weighted by Gasteiger charge is -2.36. The number of benzene rings is 1. The highest BCUT2D eigenvalue weighted by Crippen LogP contribution is 2.27. The Labute approximate surface area is 134 Å². The van der Waals surface area contributed by atoms with Crippen LogP contribution in [0.1, 0.15) is 23.0 Å². The predicted octanol–water partition coefficient (Wildman–Crippen LogP) is 2.78. The fraction of sp³-hybridized carbons (Fsp3) is 0.412. The van der Waals surface area contributed by atoms with Crippen molar-refractivity contribution in [2.45, 2.75) is 25.1 Å². The second-order valence-corrected chi connectivity index (χ2v) is 6.57. The van der Waals surface area contributed by atoms with E-state index >= 15 is 0 Å². The lowest BCUT2D eigenvalue weighted by Crippen LogP contribution is -2.45. The molecule has 2 heterocycles. The molecule has 2 atom stereocenters. The zero-order chi connectivity index (χ0) is 15.4. The largest absolute Gasteiger partial charge is 0.508 e. The van der Waals surface area contributed by atoms with E-state index < -0.39 is 6.10 Å². The highest BCUT2D eigenvalue weighted by Gasteiger charge is 2.26. The first-order valence-corrected chi connectivity index (χ1v) is 8.42. The van der Waals surface area contributed by atoms with Crippen LogP contribution in [0, 0.1) is 0 Å². The molecule has 4 nitrogen and oxygen atoms in total. The number of rotatable bonds is 5. The lowest BCUT2D eigenvalue weighted by atomic mass is 10.0.